The molecule has 0 bridgehead atoms. The van der Waals surface area contributed by atoms with Crippen LogP contribution < -0.4 is 10.6 Å². The molecule has 148 valence electrons. The van der Waals surface area contributed by atoms with Gasteiger partial charge in [-0.25, -0.2) is 0 Å². The van der Waals surface area contributed by atoms with Gasteiger partial charge in [-0.3, -0.25) is 9.59 Å². The molecule has 1 atom stereocenters. The maximum Gasteiger partial charge on any atom is 0.224 e. The van der Waals surface area contributed by atoms with Crippen molar-refractivity contribution < 1.29 is 9.59 Å². The zero-order chi connectivity index (χ0) is 20.6. The van der Waals surface area contributed by atoms with E-state index < -0.39 is 0 Å². The van der Waals surface area contributed by atoms with Crippen LogP contribution in [0.4, 0.5) is 5.69 Å². The zero-order valence-corrected chi connectivity index (χ0v) is 16.8. The SMILES string of the molecule is CC(=O)Nc1ccc(CC(=O)NC(C)C(c2ccccc2)c2ccccc2)cc1. The number of carbonyl (C=O) groups is 2. The molecule has 0 aliphatic heterocycles. The zero-order valence-electron chi connectivity index (χ0n) is 16.8. The van der Waals surface area contributed by atoms with E-state index in [2.05, 4.69) is 34.9 Å². The Morgan fingerprint density at radius 3 is 1.79 bits per heavy atom. The van der Waals surface area contributed by atoms with E-state index in [9.17, 15) is 9.59 Å². The molecule has 0 fully saturated rings. The molecule has 3 aromatic carbocycles. The summed E-state index contributed by atoms with van der Waals surface area (Å²) in [5.74, 6) is -0.0673. The molecule has 1 unspecified atom stereocenters. The van der Waals surface area contributed by atoms with Gasteiger partial charge < -0.3 is 10.6 Å². The quantitative estimate of drug-likeness (QED) is 0.627. The fourth-order valence-electron chi connectivity index (χ4n) is 3.57. The van der Waals surface area contributed by atoms with E-state index in [1.807, 2.05) is 67.6 Å². The smallest absolute Gasteiger partial charge is 0.224 e. The van der Waals surface area contributed by atoms with Crippen molar-refractivity contribution in [3.8, 4) is 0 Å². The third kappa shape index (κ3) is 5.79. The summed E-state index contributed by atoms with van der Waals surface area (Å²) < 4.78 is 0. The number of hydrogen-bond acceptors (Lipinski definition) is 2. The van der Waals surface area contributed by atoms with E-state index in [0.717, 1.165) is 11.3 Å². The van der Waals surface area contributed by atoms with Gasteiger partial charge in [-0.1, -0.05) is 72.8 Å². The molecule has 0 heterocycles. The molecule has 0 aliphatic carbocycles. The largest absolute Gasteiger partial charge is 0.352 e. The predicted molar refractivity (Wildman–Crippen MR) is 117 cm³/mol. The van der Waals surface area contributed by atoms with Crippen LogP contribution in [-0.4, -0.2) is 17.9 Å². The van der Waals surface area contributed by atoms with Gasteiger partial charge in [0.05, 0.1) is 6.42 Å². The van der Waals surface area contributed by atoms with Gasteiger partial charge in [-0.2, -0.15) is 0 Å². The molecule has 0 aromatic heterocycles. The van der Waals surface area contributed by atoms with Crippen LogP contribution in [0, 0.1) is 0 Å². The van der Waals surface area contributed by atoms with Crippen LogP contribution in [0.1, 0.15) is 36.5 Å². The van der Waals surface area contributed by atoms with Gasteiger partial charge in [0.2, 0.25) is 11.8 Å². The second-order valence-electron chi connectivity index (χ2n) is 7.21. The topological polar surface area (TPSA) is 58.2 Å². The first-order valence-corrected chi connectivity index (χ1v) is 9.78. The van der Waals surface area contributed by atoms with E-state index in [-0.39, 0.29) is 23.8 Å². The summed E-state index contributed by atoms with van der Waals surface area (Å²) in [6.07, 6.45) is 0.293. The average molecular weight is 386 g/mol. The second kappa shape index (κ2) is 9.69. The summed E-state index contributed by atoms with van der Waals surface area (Å²) in [6, 6.07) is 27.8. The number of nitrogens with one attached hydrogen (secondary N) is 2. The first kappa shape index (κ1) is 20.3. The fraction of sp³-hybridized carbons (Fsp3) is 0.200. The van der Waals surface area contributed by atoms with Gasteiger partial charge in [0, 0.05) is 24.6 Å². The van der Waals surface area contributed by atoms with Crippen LogP contribution >= 0.6 is 0 Å². The standard InChI is InChI=1S/C25H26N2O2/c1-18(25(21-9-5-3-6-10-21)22-11-7-4-8-12-22)26-24(29)17-20-13-15-23(16-14-20)27-19(2)28/h3-16,18,25H,17H2,1-2H3,(H,26,29)(H,27,28). The minimum absolute atomic E-state index is 0.0263. The van der Waals surface area contributed by atoms with Crippen LogP contribution in [0.25, 0.3) is 0 Å². The molecule has 2 amide bonds. The van der Waals surface area contributed by atoms with Gasteiger partial charge in [0.15, 0.2) is 0 Å². The Labute approximate surface area is 172 Å². The Morgan fingerprint density at radius 2 is 1.31 bits per heavy atom. The molecular weight excluding hydrogens is 360 g/mol. The van der Waals surface area contributed by atoms with E-state index in [0.29, 0.717) is 6.42 Å². The lowest BCUT2D eigenvalue weighted by atomic mass is 9.85. The van der Waals surface area contributed by atoms with Crippen molar-refractivity contribution in [3.63, 3.8) is 0 Å². The second-order valence-corrected chi connectivity index (χ2v) is 7.21. The molecular formula is C25H26N2O2. The van der Waals surface area contributed by atoms with Crippen LogP contribution in [-0.2, 0) is 16.0 Å². The Hall–Kier alpha value is -3.40. The summed E-state index contributed by atoms with van der Waals surface area (Å²) in [4.78, 5) is 23.8. The van der Waals surface area contributed by atoms with Crippen LogP contribution in [0.2, 0.25) is 0 Å². The van der Waals surface area contributed by atoms with Crippen molar-refractivity contribution in [1.82, 2.24) is 5.32 Å². The lowest BCUT2D eigenvalue weighted by Crippen LogP contribution is -2.38. The molecule has 0 aliphatic rings. The maximum absolute atomic E-state index is 12.7. The molecule has 2 N–H and O–H groups in total. The van der Waals surface area contributed by atoms with Crippen LogP contribution in [0.15, 0.2) is 84.9 Å². The van der Waals surface area contributed by atoms with Gasteiger partial charge in [-0.15, -0.1) is 0 Å². The summed E-state index contributed by atoms with van der Waals surface area (Å²) in [7, 11) is 0. The van der Waals surface area contributed by atoms with Crippen molar-refractivity contribution in [1.29, 1.82) is 0 Å². The minimum atomic E-state index is -0.114. The molecule has 0 saturated carbocycles. The molecule has 3 aromatic rings. The summed E-state index contributed by atoms with van der Waals surface area (Å²) >= 11 is 0. The number of hydrogen-bond donors (Lipinski definition) is 2. The van der Waals surface area contributed by atoms with E-state index in [1.165, 1.54) is 18.1 Å². The molecule has 0 spiro atoms. The summed E-state index contributed by atoms with van der Waals surface area (Å²) in [6.45, 7) is 3.51. The fourth-order valence-corrected chi connectivity index (χ4v) is 3.57. The normalized spacial score (nSPS) is 11.7. The van der Waals surface area contributed by atoms with Gasteiger partial charge in [0.25, 0.3) is 0 Å². The van der Waals surface area contributed by atoms with E-state index >= 15 is 0 Å². The first-order valence-electron chi connectivity index (χ1n) is 9.78. The molecule has 3 rings (SSSR count). The lowest BCUT2D eigenvalue weighted by molar-refractivity contribution is -0.121. The third-order valence-corrected chi connectivity index (χ3v) is 4.85. The number of anilines is 1. The highest BCUT2D eigenvalue weighted by atomic mass is 16.2. The number of carbonyl (C=O) groups excluding carboxylic acids is 2. The molecule has 4 heteroatoms. The van der Waals surface area contributed by atoms with Gasteiger partial charge in [0.1, 0.15) is 0 Å². The summed E-state index contributed by atoms with van der Waals surface area (Å²) in [5, 5.41) is 5.89. The number of benzene rings is 3. The Morgan fingerprint density at radius 1 is 0.793 bits per heavy atom. The molecule has 4 nitrogen and oxygen atoms in total. The minimum Gasteiger partial charge on any atom is -0.352 e. The first-order chi connectivity index (χ1) is 14.0. The van der Waals surface area contributed by atoms with E-state index in [4.69, 9.17) is 0 Å². The molecule has 0 radical (unpaired) electrons. The molecule has 29 heavy (non-hydrogen) atoms. The van der Waals surface area contributed by atoms with E-state index in [1.54, 1.807) is 0 Å². The Balaban J connectivity index is 1.70. The lowest BCUT2D eigenvalue weighted by Gasteiger charge is -2.26. The van der Waals surface area contributed by atoms with Gasteiger partial charge in [-0.05, 0) is 35.7 Å². The number of amides is 2. The van der Waals surface area contributed by atoms with Crippen LogP contribution in [0.3, 0.4) is 0 Å². The Kier molecular flexibility index (Phi) is 6.80. The highest BCUT2D eigenvalue weighted by Crippen LogP contribution is 2.28. The van der Waals surface area contributed by atoms with Crippen molar-refractivity contribution in [2.45, 2.75) is 32.2 Å². The monoisotopic (exact) mass is 386 g/mol. The van der Waals surface area contributed by atoms with Crippen molar-refractivity contribution in [2.75, 3.05) is 5.32 Å². The third-order valence-electron chi connectivity index (χ3n) is 4.85. The van der Waals surface area contributed by atoms with Crippen molar-refractivity contribution in [2.24, 2.45) is 0 Å². The Bertz CT molecular complexity index is 898. The average Bonchev–Trinajstić information content (AvgIpc) is 2.71. The number of rotatable bonds is 7. The summed E-state index contributed by atoms with van der Waals surface area (Å²) in [5.41, 5.74) is 3.97. The van der Waals surface area contributed by atoms with Crippen molar-refractivity contribution in [3.05, 3.63) is 102 Å². The van der Waals surface area contributed by atoms with Crippen LogP contribution in [0.5, 0.6) is 0 Å². The van der Waals surface area contributed by atoms with Crippen molar-refractivity contribution >= 4 is 17.5 Å². The van der Waals surface area contributed by atoms with Gasteiger partial charge >= 0.3 is 0 Å². The highest BCUT2D eigenvalue weighted by Gasteiger charge is 2.22. The highest BCUT2D eigenvalue weighted by molar-refractivity contribution is 5.88. The molecule has 0 saturated heterocycles. The predicted octanol–water partition coefficient (Wildman–Crippen LogP) is 4.52. The maximum atomic E-state index is 12.7.